The third-order valence-electron chi connectivity index (χ3n) is 1.55. The first-order valence-electron chi connectivity index (χ1n) is 4.29. The molecule has 0 bridgehead atoms. The highest BCUT2D eigenvalue weighted by molar-refractivity contribution is 5.26. The zero-order valence-electron chi connectivity index (χ0n) is 7.46. The highest BCUT2D eigenvalue weighted by Crippen LogP contribution is 2.38. The lowest BCUT2D eigenvalue weighted by Crippen LogP contribution is -1.94. The molecule has 3 heteroatoms. The maximum atomic E-state index is 7.43. The van der Waals surface area contributed by atoms with Gasteiger partial charge in [0.25, 0.3) is 0 Å². The molecular formula is C7H9N3. The lowest BCUT2D eigenvalue weighted by Gasteiger charge is -1.95. The maximum absolute atomic E-state index is 7.43. The van der Waals surface area contributed by atoms with E-state index in [0.29, 0.717) is 11.6 Å². The standard InChI is InChI=1S/C7H9N3/c8-7-4-9-3-6(10-7)5-1-2-5/h3-5H,1-2H2,(H2,8,10)/i3D,4D. The second-order valence-corrected chi connectivity index (χ2v) is 2.49. The molecule has 10 heavy (non-hydrogen) atoms. The predicted octanol–water partition coefficient (Wildman–Crippen LogP) is 0.936. The van der Waals surface area contributed by atoms with Crippen LogP contribution in [0.25, 0.3) is 0 Å². The Morgan fingerprint density at radius 3 is 3.10 bits per heavy atom. The van der Waals surface area contributed by atoms with Crippen molar-refractivity contribution in [1.82, 2.24) is 9.97 Å². The first kappa shape index (κ1) is 3.91. The molecule has 1 fully saturated rings. The highest BCUT2D eigenvalue weighted by Gasteiger charge is 2.25. The fraction of sp³-hybridized carbons (Fsp3) is 0.429. The van der Waals surface area contributed by atoms with Crippen LogP contribution in [0.2, 0.25) is 0 Å². The van der Waals surface area contributed by atoms with Crippen LogP contribution in [0.1, 0.15) is 27.2 Å². The van der Waals surface area contributed by atoms with Crippen molar-refractivity contribution in [2.75, 3.05) is 5.73 Å². The van der Waals surface area contributed by atoms with Crippen molar-refractivity contribution in [3.05, 3.63) is 18.0 Å². The quantitative estimate of drug-likeness (QED) is 0.626. The van der Waals surface area contributed by atoms with E-state index in [1.165, 1.54) is 0 Å². The zero-order valence-corrected chi connectivity index (χ0v) is 5.46. The summed E-state index contributed by atoms with van der Waals surface area (Å²) in [6.07, 6.45) is 2.15. The Morgan fingerprint density at radius 2 is 2.40 bits per heavy atom. The molecule has 0 aromatic carbocycles. The summed E-state index contributed by atoms with van der Waals surface area (Å²) in [4.78, 5) is 7.65. The van der Waals surface area contributed by atoms with Gasteiger partial charge in [-0.3, -0.25) is 4.98 Å². The van der Waals surface area contributed by atoms with Crippen LogP contribution in [-0.4, -0.2) is 9.97 Å². The number of nitrogen functional groups attached to an aromatic ring is 1. The number of nitrogens with zero attached hydrogens (tertiary/aromatic N) is 2. The van der Waals surface area contributed by atoms with Gasteiger partial charge >= 0.3 is 0 Å². The third-order valence-corrected chi connectivity index (χ3v) is 1.55. The van der Waals surface area contributed by atoms with Gasteiger partial charge in [-0.1, -0.05) is 0 Å². The molecule has 1 heterocycles. The first-order valence-corrected chi connectivity index (χ1v) is 3.29. The molecule has 0 saturated heterocycles. The van der Waals surface area contributed by atoms with Gasteiger partial charge in [-0.15, -0.1) is 0 Å². The van der Waals surface area contributed by atoms with E-state index < -0.39 is 0 Å². The van der Waals surface area contributed by atoms with Crippen LogP contribution in [0, 0.1) is 0 Å². The Labute approximate surface area is 62.1 Å². The lowest BCUT2D eigenvalue weighted by atomic mass is 10.3. The van der Waals surface area contributed by atoms with Gasteiger partial charge in [0, 0.05) is 12.1 Å². The van der Waals surface area contributed by atoms with Crippen LogP contribution in [0.4, 0.5) is 5.82 Å². The highest BCUT2D eigenvalue weighted by atomic mass is 14.9. The molecular weight excluding hydrogens is 126 g/mol. The van der Waals surface area contributed by atoms with E-state index in [4.69, 9.17) is 8.48 Å². The summed E-state index contributed by atoms with van der Waals surface area (Å²) in [5, 5.41) is 0. The van der Waals surface area contributed by atoms with Gasteiger partial charge in [-0.05, 0) is 12.8 Å². The van der Waals surface area contributed by atoms with Crippen LogP contribution in [-0.2, 0) is 0 Å². The molecule has 0 radical (unpaired) electrons. The summed E-state index contributed by atoms with van der Waals surface area (Å²) < 4.78 is 14.6. The summed E-state index contributed by atoms with van der Waals surface area (Å²) in [7, 11) is 0. The van der Waals surface area contributed by atoms with Crippen LogP contribution in [0.15, 0.2) is 12.3 Å². The van der Waals surface area contributed by atoms with Crippen molar-refractivity contribution in [1.29, 1.82) is 0 Å². The molecule has 1 aromatic heterocycles. The Balaban J connectivity index is 2.47. The fourth-order valence-corrected chi connectivity index (χ4v) is 0.862. The number of hydrogen-bond donors (Lipinski definition) is 1. The Hall–Kier alpha value is -1.12. The molecule has 0 spiro atoms. The molecule has 1 aliphatic carbocycles. The Bertz CT molecular complexity index is 323. The van der Waals surface area contributed by atoms with Crippen LogP contribution < -0.4 is 5.73 Å². The van der Waals surface area contributed by atoms with Crippen molar-refractivity contribution in [2.24, 2.45) is 0 Å². The molecule has 2 N–H and O–H groups in total. The molecule has 0 atom stereocenters. The second kappa shape index (κ2) is 1.94. The molecule has 1 saturated carbocycles. The molecule has 1 aliphatic rings. The van der Waals surface area contributed by atoms with Crippen LogP contribution >= 0.6 is 0 Å². The van der Waals surface area contributed by atoms with Crippen molar-refractivity contribution in [3.8, 4) is 0 Å². The molecule has 3 nitrogen and oxygen atoms in total. The fourth-order valence-electron chi connectivity index (χ4n) is 0.862. The second-order valence-electron chi connectivity index (χ2n) is 2.49. The molecule has 0 unspecified atom stereocenters. The summed E-state index contributed by atoms with van der Waals surface area (Å²) in [6, 6.07) is 0. The molecule has 1 aromatic rings. The van der Waals surface area contributed by atoms with E-state index in [-0.39, 0.29) is 18.2 Å². The first-order chi connectivity index (χ1) is 5.68. The monoisotopic (exact) mass is 137 g/mol. The Kier molecular flexibility index (Phi) is 0.756. The van der Waals surface area contributed by atoms with Gasteiger partial charge in [0.05, 0.1) is 14.6 Å². The van der Waals surface area contributed by atoms with E-state index in [2.05, 4.69) is 9.97 Å². The van der Waals surface area contributed by atoms with Gasteiger partial charge in [0.2, 0.25) is 0 Å². The smallest absolute Gasteiger partial charge is 0.142 e. The minimum Gasteiger partial charge on any atom is -0.382 e. The van der Waals surface area contributed by atoms with E-state index in [1.807, 2.05) is 0 Å². The number of hydrogen-bond acceptors (Lipinski definition) is 3. The average molecular weight is 137 g/mol. The average Bonchev–Trinajstić information content (AvgIpc) is 2.79. The normalized spacial score (nSPS) is 20.0. The van der Waals surface area contributed by atoms with E-state index >= 15 is 0 Å². The number of anilines is 1. The Morgan fingerprint density at radius 1 is 1.60 bits per heavy atom. The predicted molar refractivity (Wildman–Crippen MR) is 38.4 cm³/mol. The van der Waals surface area contributed by atoms with Crippen LogP contribution in [0.5, 0.6) is 0 Å². The van der Waals surface area contributed by atoms with Crippen molar-refractivity contribution in [3.63, 3.8) is 0 Å². The van der Waals surface area contributed by atoms with Gasteiger partial charge in [0.1, 0.15) is 5.82 Å². The van der Waals surface area contributed by atoms with E-state index in [9.17, 15) is 0 Å². The molecule has 52 valence electrons. The minimum atomic E-state index is -0.0931. The summed E-state index contributed by atoms with van der Waals surface area (Å²) >= 11 is 0. The number of rotatable bonds is 1. The van der Waals surface area contributed by atoms with Gasteiger partial charge in [0.15, 0.2) is 0 Å². The van der Waals surface area contributed by atoms with E-state index in [1.54, 1.807) is 0 Å². The number of nitrogens with two attached hydrogens (primary N) is 1. The number of aromatic nitrogens is 2. The SMILES string of the molecule is [2H]c1nc([2H])c(C2CC2)nc1N. The third kappa shape index (κ3) is 0.943. The van der Waals surface area contributed by atoms with Crippen LogP contribution in [0.3, 0.4) is 0 Å². The molecule has 2 rings (SSSR count). The van der Waals surface area contributed by atoms with Crippen molar-refractivity contribution >= 4 is 5.82 Å². The minimum absolute atomic E-state index is 0.0931. The summed E-state index contributed by atoms with van der Waals surface area (Å²) in [6.45, 7) is 0. The van der Waals surface area contributed by atoms with Crippen molar-refractivity contribution in [2.45, 2.75) is 18.8 Å². The lowest BCUT2D eigenvalue weighted by molar-refractivity contribution is 0.995. The largest absolute Gasteiger partial charge is 0.382 e. The molecule has 0 aliphatic heterocycles. The van der Waals surface area contributed by atoms with E-state index in [0.717, 1.165) is 12.8 Å². The topological polar surface area (TPSA) is 51.8 Å². The maximum Gasteiger partial charge on any atom is 0.142 e. The molecule has 0 amide bonds. The van der Waals surface area contributed by atoms with Crippen molar-refractivity contribution < 1.29 is 2.74 Å². The summed E-state index contributed by atoms with van der Waals surface area (Å²) in [5.74, 6) is 0.501. The van der Waals surface area contributed by atoms with Gasteiger partial charge < -0.3 is 5.73 Å². The summed E-state index contributed by atoms with van der Waals surface area (Å²) in [5.41, 5.74) is 6.07. The zero-order chi connectivity index (χ0) is 8.72. The van der Waals surface area contributed by atoms with Gasteiger partial charge in [-0.25, -0.2) is 4.98 Å². The van der Waals surface area contributed by atoms with Gasteiger partial charge in [-0.2, -0.15) is 0 Å².